The molecule has 0 aliphatic carbocycles. The molecule has 2 nitrogen and oxygen atoms in total. The van der Waals surface area contributed by atoms with E-state index in [4.69, 9.17) is 0 Å². The van der Waals surface area contributed by atoms with Crippen molar-refractivity contribution in [3.63, 3.8) is 0 Å². The summed E-state index contributed by atoms with van der Waals surface area (Å²) in [6.07, 6.45) is 6.23. The fourth-order valence-electron chi connectivity index (χ4n) is 2.21. The van der Waals surface area contributed by atoms with Gasteiger partial charge in [-0.15, -0.1) is 0 Å². The summed E-state index contributed by atoms with van der Waals surface area (Å²) in [7, 11) is 0. The Kier molecular flexibility index (Phi) is 7.21. The van der Waals surface area contributed by atoms with Crippen LogP contribution in [0.5, 0.6) is 0 Å². The first-order valence-electron chi connectivity index (χ1n) is 7.66. The molecular formula is C18H26O2. The van der Waals surface area contributed by atoms with Crippen LogP contribution in [-0.4, -0.2) is 11.6 Å². The smallest absolute Gasteiger partial charge is 0.170 e. The minimum absolute atomic E-state index is 0.0494. The van der Waals surface area contributed by atoms with Gasteiger partial charge in [0.15, 0.2) is 5.78 Å². The molecule has 0 radical (unpaired) electrons. The Balaban J connectivity index is 2.37. The zero-order valence-corrected chi connectivity index (χ0v) is 13.0. The van der Waals surface area contributed by atoms with Crippen molar-refractivity contribution in [2.45, 2.75) is 65.7 Å². The second-order valence-electron chi connectivity index (χ2n) is 5.60. The molecule has 0 fully saturated rings. The van der Waals surface area contributed by atoms with Crippen molar-refractivity contribution >= 4 is 11.6 Å². The third-order valence-electron chi connectivity index (χ3n) is 3.75. The van der Waals surface area contributed by atoms with E-state index in [0.29, 0.717) is 12.0 Å². The zero-order chi connectivity index (χ0) is 15.0. The van der Waals surface area contributed by atoms with Gasteiger partial charge in [-0.25, -0.2) is 0 Å². The third kappa shape index (κ3) is 5.68. The van der Waals surface area contributed by atoms with Gasteiger partial charge >= 0.3 is 0 Å². The van der Waals surface area contributed by atoms with Gasteiger partial charge in [0.1, 0.15) is 5.78 Å². The molecule has 0 aliphatic rings. The molecule has 1 aromatic rings. The van der Waals surface area contributed by atoms with Crippen molar-refractivity contribution in [2.24, 2.45) is 0 Å². The lowest BCUT2D eigenvalue weighted by atomic mass is 9.99. The Morgan fingerprint density at radius 3 is 2.30 bits per heavy atom. The van der Waals surface area contributed by atoms with E-state index in [1.54, 1.807) is 0 Å². The lowest BCUT2D eigenvalue weighted by Gasteiger charge is -2.04. The predicted octanol–water partition coefficient (Wildman–Crippen LogP) is 4.81. The monoisotopic (exact) mass is 274 g/mol. The highest BCUT2D eigenvalue weighted by Crippen LogP contribution is 2.13. The maximum atomic E-state index is 12.0. The first kappa shape index (κ1) is 16.6. The number of aryl methyl sites for hydroxylation is 2. The highest BCUT2D eigenvalue weighted by Gasteiger charge is 2.12. The van der Waals surface area contributed by atoms with Gasteiger partial charge in [-0.2, -0.15) is 0 Å². The van der Waals surface area contributed by atoms with Gasteiger partial charge in [0, 0.05) is 12.0 Å². The van der Waals surface area contributed by atoms with Gasteiger partial charge in [0.05, 0.1) is 6.42 Å². The predicted molar refractivity (Wildman–Crippen MR) is 83.2 cm³/mol. The quantitative estimate of drug-likeness (QED) is 0.368. The summed E-state index contributed by atoms with van der Waals surface area (Å²) in [4.78, 5) is 23.8. The van der Waals surface area contributed by atoms with Crippen molar-refractivity contribution in [1.29, 1.82) is 0 Å². The van der Waals surface area contributed by atoms with Crippen molar-refractivity contribution in [3.05, 3.63) is 34.9 Å². The van der Waals surface area contributed by atoms with E-state index in [2.05, 4.69) is 6.92 Å². The largest absolute Gasteiger partial charge is 0.299 e. The Hall–Kier alpha value is -1.44. The topological polar surface area (TPSA) is 34.1 Å². The van der Waals surface area contributed by atoms with Crippen LogP contribution in [0.15, 0.2) is 18.2 Å². The number of carbonyl (C=O) groups excluding carboxylic acids is 2. The molecule has 0 saturated heterocycles. The number of Topliss-reactive ketones (excluding diaryl/α,β-unsaturated/α-hetero) is 2. The standard InChI is InChI=1S/C18H26O2/c1-4-5-6-7-8-9-17(19)13-18(20)16-11-10-14(2)15(3)12-16/h10-12H,4-9,13H2,1-3H3. The van der Waals surface area contributed by atoms with E-state index in [9.17, 15) is 9.59 Å². The van der Waals surface area contributed by atoms with Crippen LogP contribution in [0.2, 0.25) is 0 Å². The van der Waals surface area contributed by atoms with Gasteiger partial charge < -0.3 is 0 Å². The van der Waals surface area contributed by atoms with Gasteiger partial charge in [0.2, 0.25) is 0 Å². The van der Waals surface area contributed by atoms with Crippen molar-refractivity contribution in [3.8, 4) is 0 Å². The molecule has 1 rings (SSSR count). The van der Waals surface area contributed by atoms with E-state index in [0.717, 1.165) is 18.4 Å². The average Bonchev–Trinajstić information content (AvgIpc) is 2.41. The maximum absolute atomic E-state index is 12.0. The fraction of sp³-hybridized carbons (Fsp3) is 0.556. The molecule has 0 aliphatic heterocycles. The van der Waals surface area contributed by atoms with Gasteiger partial charge in [-0.1, -0.05) is 44.7 Å². The summed E-state index contributed by atoms with van der Waals surface area (Å²) in [5.41, 5.74) is 2.93. The normalized spacial score (nSPS) is 10.6. The first-order chi connectivity index (χ1) is 9.54. The van der Waals surface area contributed by atoms with E-state index in [1.165, 1.54) is 24.8 Å². The second-order valence-corrected chi connectivity index (χ2v) is 5.60. The van der Waals surface area contributed by atoms with E-state index >= 15 is 0 Å². The SMILES string of the molecule is CCCCCCCC(=O)CC(=O)c1ccc(C)c(C)c1. The number of carbonyl (C=O) groups is 2. The van der Waals surface area contributed by atoms with E-state index < -0.39 is 0 Å². The fourth-order valence-corrected chi connectivity index (χ4v) is 2.21. The highest BCUT2D eigenvalue weighted by atomic mass is 16.1. The van der Waals surface area contributed by atoms with Gasteiger partial charge in [-0.3, -0.25) is 9.59 Å². The third-order valence-corrected chi connectivity index (χ3v) is 3.75. The Morgan fingerprint density at radius 2 is 1.65 bits per heavy atom. The molecule has 110 valence electrons. The van der Waals surface area contributed by atoms with Crippen molar-refractivity contribution in [2.75, 3.05) is 0 Å². The molecule has 0 saturated carbocycles. The van der Waals surface area contributed by atoms with Gasteiger partial charge in [-0.05, 0) is 37.5 Å². The molecule has 2 heteroatoms. The van der Waals surface area contributed by atoms with Gasteiger partial charge in [0.25, 0.3) is 0 Å². The molecule has 0 amide bonds. The first-order valence-corrected chi connectivity index (χ1v) is 7.66. The summed E-state index contributed by atoms with van der Waals surface area (Å²) in [5.74, 6) is 0.0244. The molecule has 0 aromatic heterocycles. The second kappa shape index (κ2) is 8.68. The molecule has 0 spiro atoms. The number of benzene rings is 1. The van der Waals surface area contributed by atoms with Crippen LogP contribution in [0.1, 0.15) is 73.4 Å². The molecule has 0 heterocycles. The Bertz CT molecular complexity index is 460. The van der Waals surface area contributed by atoms with Crippen LogP contribution in [-0.2, 0) is 4.79 Å². The summed E-state index contributed by atoms with van der Waals surface area (Å²) in [6, 6.07) is 5.64. The number of hydrogen-bond donors (Lipinski definition) is 0. The van der Waals surface area contributed by atoms with Crippen LogP contribution in [0.4, 0.5) is 0 Å². The van der Waals surface area contributed by atoms with Crippen LogP contribution < -0.4 is 0 Å². The van der Waals surface area contributed by atoms with Crippen LogP contribution >= 0.6 is 0 Å². The molecule has 20 heavy (non-hydrogen) atoms. The summed E-state index contributed by atoms with van der Waals surface area (Å²) >= 11 is 0. The summed E-state index contributed by atoms with van der Waals surface area (Å²) in [6.45, 7) is 6.18. The number of rotatable bonds is 9. The highest BCUT2D eigenvalue weighted by molar-refractivity contribution is 6.08. The molecule has 0 unspecified atom stereocenters. The Labute approximate surface area is 122 Å². The summed E-state index contributed by atoms with van der Waals surface area (Å²) in [5, 5.41) is 0. The number of unbranched alkanes of at least 4 members (excludes halogenated alkanes) is 4. The Morgan fingerprint density at radius 1 is 0.950 bits per heavy atom. The molecule has 0 N–H and O–H groups in total. The number of ketones is 2. The average molecular weight is 274 g/mol. The van der Waals surface area contributed by atoms with Crippen LogP contribution in [0.3, 0.4) is 0 Å². The minimum atomic E-state index is -0.0494. The van der Waals surface area contributed by atoms with Crippen LogP contribution in [0, 0.1) is 13.8 Å². The lowest BCUT2D eigenvalue weighted by Crippen LogP contribution is -2.08. The molecular weight excluding hydrogens is 248 g/mol. The maximum Gasteiger partial charge on any atom is 0.170 e. The van der Waals surface area contributed by atoms with Crippen LogP contribution in [0.25, 0.3) is 0 Å². The van der Waals surface area contributed by atoms with E-state index in [-0.39, 0.29) is 18.0 Å². The number of hydrogen-bond acceptors (Lipinski definition) is 2. The summed E-state index contributed by atoms with van der Waals surface area (Å²) < 4.78 is 0. The zero-order valence-electron chi connectivity index (χ0n) is 13.0. The molecule has 1 aromatic carbocycles. The minimum Gasteiger partial charge on any atom is -0.299 e. The molecule has 0 bridgehead atoms. The lowest BCUT2D eigenvalue weighted by molar-refractivity contribution is -0.118. The van der Waals surface area contributed by atoms with Crippen molar-refractivity contribution in [1.82, 2.24) is 0 Å². The van der Waals surface area contributed by atoms with Crippen molar-refractivity contribution < 1.29 is 9.59 Å². The van der Waals surface area contributed by atoms with E-state index in [1.807, 2.05) is 32.0 Å². The molecule has 0 atom stereocenters.